The molecule has 2 radical (unpaired) electrons. The molecule has 2 saturated heterocycles. The van der Waals surface area contributed by atoms with E-state index in [1.54, 1.807) is 48.5 Å². The number of allylic oxidation sites excluding steroid dienone is 1. The summed E-state index contributed by atoms with van der Waals surface area (Å²) in [7, 11) is 1.27. The number of Topliss-reactive ketones (excluding diaryl/α,β-unsaturated/α-hetero) is 1. The van der Waals surface area contributed by atoms with Gasteiger partial charge in [-0.3, -0.25) is 38.4 Å². The maximum atomic E-state index is 12.8. The van der Waals surface area contributed by atoms with Gasteiger partial charge < -0.3 is 24.5 Å². The van der Waals surface area contributed by atoms with Crippen LogP contribution in [0.3, 0.4) is 0 Å². The maximum Gasteiger partial charge on any atom is 0.334 e. The molecule has 2 fully saturated rings. The number of aromatic nitrogens is 6. The van der Waals surface area contributed by atoms with Crippen molar-refractivity contribution in [2.75, 3.05) is 33.1 Å². The number of halogens is 1. The number of hydroxylamine groups is 4. The van der Waals surface area contributed by atoms with Crippen LogP contribution < -0.4 is 5.32 Å². The number of nitrogens with one attached hydrogen (secondary N) is 1. The summed E-state index contributed by atoms with van der Waals surface area (Å²) in [5, 5.41) is 20.1. The first-order chi connectivity index (χ1) is 38.7. The summed E-state index contributed by atoms with van der Waals surface area (Å²) in [6, 6.07) is 0. The van der Waals surface area contributed by atoms with Gasteiger partial charge in [-0.1, -0.05) is 111 Å². The zero-order valence-corrected chi connectivity index (χ0v) is 57.1. The number of amides is 5. The first kappa shape index (κ1) is 79.8. The van der Waals surface area contributed by atoms with E-state index in [9.17, 15) is 47.9 Å². The Labute approximate surface area is 531 Å². The molecule has 0 saturated carbocycles. The topological polar surface area (TPSA) is 288 Å². The minimum atomic E-state index is -0.903. The second-order valence-electron chi connectivity index (χ2n) is 22.0. The number of carbonyl (C=O) groups excluding carboxylic acids is 10. The number of unbranched alkanes of at least 4 members (excludes halogenated alkanes) is 12. The van der Waals surface area contributed by atoms with Crippen LogP contribution in [0.4, 0.5) is 0 Å². The van der Waals surface area contributed by atoms with Crippen molar-refractivity contribution in [3.63, 3.8) is 0 Å². The number of alkyl halides is 1. The van der Waals surface area contributed by atoms with Crippen LogP contribution in [0.15, 0.2) is 24.5 Å². The molecule has 2 aliphatic heterocycles. The van der Waals surface area contributed by atoms with E-state index in [1.165, 1.54) is 44.9 Å². The number of esters is 2. The molecular weight excluding hydrogens is 1270 g/mol. The van der Waals surface area contributed by atoms with Crippen LogP contribution in [0.1, 0.15) is 208 Å². The predicted octanol–water partition coefficient (Wildman–Crippen LogP) is 8.97. The summed E-state index contributed by atoms with van der Waals surface area (Å²) in [4.78, 5) is 126. The van der Waals surface area contributed by atoms with Crippen LogP contribution in [-0.2, 0) is 117 Å². The Morgan fingerprint density at radius 2 is 0.952 bits per heavy atom. The van der Waals surface area contributed by atoms with Crippen molar-refractivity contribution in [1.29, 1.82) is 0 Å². The summed E-state index contributed by atoms with van der Waals surface area (Å²) < 4.78 is 13.9. The van der Waals surface area contributed by atoms with Crippen molar-refractivity contribution < 1.29 is 104 Å². The molecule has 28 heteroatoms. The van der Waals surface area contributed by atoms with Gasteiger partial charge in [0.15, 0.2) is 5.78 Å². The van der Waals surface area contributed by atoms with E-state index < -0.39 is 50.7 Å². The number of nitrogens with zero attached hydrogens (tertiary/aromatic N) is 8. The fourth-order valence-electron chi connectivity index (χ4n) is 8.32. The second-order valence-corrected chi connectivity index (χ2v) is 25.8. The number of hydrogen-bond acceptors (Lipinski definition) is 18. The molecule has 1 N–H and O–H groups in total. The number of imide groups is 2. The minimum Gasteiger partial charge on any atom is -0.465 e. The van der Waals surface area contributed by atoms with E-state index in [0.29, 0.717) is 52.8 Å². The molecule has 470 valence electrons. The van der Waals surface area contributed by atoms with Crippen LogP contribution >= 0.6 is 33.4 Å². The van der Waals surface area contributed by atoms with Gasteiger partial charge in [0.2, 0.25) is 5.91 Å². The number of rotatable bonds is 37. The third kappa shape index (κ3) is 33.1. The minimum absolute atomic E-state index is 0. The molecule has 2 aromatic heterocycles. The van der Waals surface area contributed by atoms with Crippen molar-refractivity contribution >= 4 is 92.6 Å². The summed E-state index contributed by atoms with van der Waals surface area (Å²) in [5.41, 5.74) is 0.825. The monoisotopic (exact) mass is 1360 g/mol. The van der Waals surface area contributed by atoms with Crippen molar-refractivity contribution in [3.05, 3.63) is 35.9 Å². The summed E-state index contributed by atoms with van der Waals surface area (Å²) in [5.74, 6) is -4.57. The summed E-state index contributed by atoms with van der Waals surface area (Å²) in [6.07, 6.45) is 22.5. The van der Waals surface area contributed by atoms with Crippen molar-refractivity contribution in [2.24, 2.45) is 10.8 Å². The van der Waals surface area contributed by atoms with E-state index in [4.69, 9.17) is 14.3 Å². The standard InChI is InChI=1S/C28H46N5O7P.C16H29BrN3O2P.C12H15NO5.2V/c1-27(2,25(37)29-17-16-24(36)40-33-22(34)14-15-23(33)35)20-28(3,4)26(38)39-18-12-10-8-6-7-9-11-13-21-19-32(41-5)31-30-21;1-16(2,17)15(21)22-12-10-8-6-4-5-7-9-11-14-13-20(23-3)19-18-14;1-8(2)9(14)4-3-5-12(17)18-13-10(15)6-7-11(13)16;;/h19,41H,6-18,20H2,1-5H3,(H,29,37);13,23H,4-12H2,1-3H3;1,3-7H2,2H3;;. The van der Waals surface area contributed by atoms with Gasteiger partial charge in [0.25, 0.3) is 23.6 Å². The summed E-state index contributed by atoms with van der Waals surface area (Å²) >= 11 is 3.30. The Kier molecular flexibility index (Phi) is 40.5. The second kappa shape index (κ2) is 42.6. The van der Waals surface area contributed by atoms with E-state index in [-0.39, 0.29) is 119 Å². The van der Waals surface area contributed by atoms with Gasteiger partial charge in [-0.15, -0.1) is 20.3 Å². The van der Waals surface area contributed by atoms with E-state index in [1.807, 2.05) is 21.3 Å². The maximum absolute atomic E-state index is 12.8. The van der Waals surface area contributed by atoms with Crippen LogP contribution in [0.2, 0.25) is 0 Å². The van der Waals surface area contributed by atoms with Crippen LogP contribution in [-0.4, -0.2) is 136 Å². The zero-order chi connectivity index (χ0) is 61.3. The quantitative estimate of drug-likeness (QED) is 0.0165. The number of carbonyl (C=O) groups is 10. The Morgan fingerprint density at radius 1 is 0.571 bits per heavy atom. The SMILES string of the molecule is C=C(C)C(=O)CCCC(=O)ON1C(=O)CCC1=O.CPn1cc(CCCCCCCCCOC(=O)C(C)(C)Br)nn1.CPn1cc(CCCCCCCCCOC(=O)C(C)(C)CC(C)(C)C(=O)NCCC(=O)ON2C(=O)CCC2=O)nn1.[V].[V]. The Hall–Kier alpha value is -4.17. The zero-order valence-electron chi connectivity index (χ0n) is 50.7. The largest absolute Gasteiger partial charge is 0.465 e. The average molecular weight is 1360 g/mol. The molecule has 2 unspecified atom stereocenters. The first-order valence-electron chi connectivity index (χ1n) is 28.5. The smallest absolute Gasteiger partial charge is 0.334 e. The molecule has 2 aliphatic rings. The first-order valence-corrected chi connectivity index (χ1v) is 32.2. The van der Waals surface area contributed by atoms with Crippen molar-refractivity contribution in [3.8, 4) is 0 Å². The third-order valence-corrected chi connectivity index (χ3v) is 14.6. The molecule has 4 rings (SSSR count). The number of aryl methyl sites for hydroxylation is 2. The molecule has 2 atom stereocenters. The molecule has 2 aromatic rings. The molecule has 84 heavy (non-hydrogen) atoms. The number of ether oxygens (including phenoxy) is 2. The van der Waals surface area contributed by atoms with E-state index in [0.717, 1.165) is 69.2 Å². The van der Waals surface area contributed by atoms with Crippen LogP contribution in [0, 0.1) is 10.8 Å². The van der Waals surface area contributed by atoms with E-state index >= 15 is 0 Å². The molecule has 0 bridgehead atoms. The molecule has 4 heterocycles. The predicted molar refractivity (Wildman–Crippen MR) is 314 cm³/mol. The number of ketones is 1. The third-order valence-electron chi connectivity index (χ3n) is 13.0. The van der Waals surface area contributed by atoms with Crippen molar-refractivity contribution in [2.45, 2.75) is 213 Å². The Morgan fingerprint density at radius 3 is 1.33 bits per heavy atom. The summed E-state index contributed by atoms with van der Waals surface area (Å²) in [6.45, 7) is 20.7. The van der Waals surface area contributed by atoms with Crippen LogP contribution in [0.25, 0.3) is 0 Å². The van der Waals surface area contributed by atoms with E-state index in [2.05, 4.69) is 66.6 Å². The average Bonchev–Trinajstić information content (AvgIpc) is 4.28. The van der Waals surface area contributed by atoms with Gasteiger partial charge in [-0.25, -0.2) is 18.5 Å². The normalized spacial score (nSPS) is 13.5. The van der Waals surface area contributed by atoms with Crippen LogP contribution in [0.5, 0.6) is 0 Å². The van der Waals surface area contributed by atoms with Gasteiger partial charge in [0.05, 0.1) is 48.8 Å². The fraction of sp³-hybridized carbons (Fsp3) is 0.714. The molecule has 23 nitrogen and oxygen atoms in total. The number of hydrogen-bond donors (Lipinski definition) is 1. The Bertz CT molecular complexity index is 2400. The molecule has 0 aromatic carbocycles. The van der Waals surface area contributed by atoms with Gasteiger partial charge in [0, 0.05) is 105 Å². The molecular formula is C56H90BrN9O14P2V2. The van der Waals surface area contributed by atoms with Gasteiger partial charge in [-0.05, 0) is 105 Å². The van der Waals surface area contributed by atoms with Gasteiger partial charge >= 0.3 is 23.9 Å². The van der Waals surface area contributed by atoms with Gasteiger partial charge in [0.1, 0.15) is 4.32 Å². The molecule has 0 aliphatic carbocycles. The Balaban J connectivity index is 0.00000135. The van der Waals surface area contributed by atoms with Gasteiger partial charge in [-0.2, -0.15) is 0 Å². The van der Waals surface area contributed by atoms with Crippen molar-refractivity contribution in [1.82, 2.24) is 45.0 Å². The molecule has 5 amide bonds. The molecule has 0 spiro atoms. The fourth-order valence-corrected chi connectivity index (χ4v) is 9.26.